The van der Waals surface area contributed by atoms with Gasteiger partial charge in [-0.25, -0.2) is 9.59 Å². The zero-order valence-corrected chi connectivity index (χ0v) is 19.3. The van der Waals surface area contributed by atoms with Gasteiger partial charge in [0.1, 0.15) is 11.7 Å². The number of rotatable bonds is 7. The average Bonchev–Trinajstić information content (AvgIpc) is 2.88. The van der Waals surface area contributed by atoms with Crippen molar-refractivity contribution in [2.24, 2.45) is 0 Å². The Labute approximate surface area is 194 Å². The highest BCUT2D eigenvalue weighted by Gasteiger charge is 2.40. The van der Waals surface area contributed by atoms with Crippen molar-refractivity contribution in [2.75, 3.05) is 14.2 Å². The molecule has 3 aromatic rings. The molecular weight excluding hydrogens is 420 g/mol. The molecule has 3 rings (SSSR count). The number of methoxy groups -OCH3 is 2. The molecule has 0 heterocycles. The Hall–Kier alpha value is -3.48. The summed E-state index contributed by atoms with van der Waals surface area (Å²) in [7, 11) is 2.60. The van der Waals surface area contributed by atoms with Crippen LogP contribution in [0.3, 0.4) is 0 Å². The molecule has 2 atom stereocenters. The number of carbonyl (C=O) groups is 2. The molecule has 0 bridgehead atoms. The first-order chi connectivity index (χ1) is 15.9. The van der Waals surface area contributed by atoms with Crippen molar-refractivity contribution in [3.05, 3.63) is 108 Å². The third kappa shape index (κ3) is 6.51. The van der Waals surface area contributed by atoms with E-state index in [2.05, 4.69) is 4.74 Å². The Morgan fingerprint density at radius 3 is 1.24 bits per heavy atom. The molecule has 0 unspecified atom stereocenters. The monoisotopic (exact) mass is 450 g/mol. The number of aliphatic hydroxyl groups excluding tert-OH is 1. The van der Waals surface area contributed by atoms with Gasteiger partial charge in [-0.3, -0.25) is 0 Å². The molecule has 0 amide bonds. The van der Waals surface area contributed by atoms with Crippen molar-refractivity contribution >= 4 is 11.9 Å². The van der Waals surface area contributed by atoms with Gasteiger partial charge in [0.2, 0.25) is 0 Å². The molecule has 0 aliphatic heterocycles. The number of aliphatic hydroxyl groups is 1. The number of carbonyl (C=O) groups excluding carboxylic acids is 2. The fourth-order valence-electron chi connectivity index (χ4n) is 3.37. The molecule has 174 valence electrons. The van der Waals surface area contributed by atoms with E-state index >= 15 is 0 Å². The van der Waals surface area contributed by atoms with Gasteiger partial charge in [0.25, 0.3) is 0 Å². The van der Waals surface area contributed by atoms with Gasteiger partial charge in [-0.05, 0) is 30.5 Å². The lowest BCUT2D eigenvalue weighted by Crippen LogP contribution is -2.39. The van der Waals surface area contributed by atoms with Crippen LogP contribution in [0.5, 0.6) is 0 Å². The van der Waals surface area contributed by atoms with Gasteiger partial charge >= 0.3 is 11.9 Å². The highest BCUT2D eigenvalue weighted by Crippen LogP contribution is 2.41. The summed E-state index contributed by atoms with van der Waals surface area (Å²) in [6.45, 7) is 3.07. The van der Waals surface area contributed by atoms with E-state index in [4.69, 9.17) is 14.6 Å². The lowest BCUT2D eigenvalue weighted by atomic mass is 9.80. The quantitative estimate of drug-likeness (QED) is 0.431. The van der Waals surface area contributed by atoms with Gasteiger partial charge in [0.15, 0.2) is 6.10 Å². The third-order valence-electron chi connectivity index (χ3n) is 4.97. The Balaban J connectivity index is 0.000000479. The minimum absolute atomic E-state index is 0.405. The van der Waals surface area contributed by atoms with E-state index < -0.39 is 29.7 Å². The van der Waals surface area contributed by atoms with Gasteiger partial charge in [-0.15, -0.1) is 0 Å². The molecule has 0 spiro atoms. The van der Waals surface area contributed by atoms with Crippen molar-refractivity contribution in [1.82, 2.24) is 0 Å². The molecule has 0 saturated carbocycles. The second-order valence-electron chi connectivity index (χ2n) is 7.26. The molecule has 1 N–H and O–H groups in total. The van der Waals surface area contributed by atoms with E-state index in [0.29, 0.717) is 0 Å². The van der Waals surface area contributed by atoms with Crippen LogP contribution in [0.1, 0.15) is 30.5 Å². The highest BCUT2D eigenvalue weighted by atomic mass is 16.6. The summed E-state index contributed by atoms with van der Waals surface area (Å²) < 4.78 is 15.5. The van der Waals surface area contributed by atoms with E-state index in [1.54, 1.807) is 6.92 Å². The van der Waals surface area contributed by atoms with Crippen LogP contribution in [-0.4, -0.2) is 43.5 Å². The molecule has 6 heteroatoms. The summed E-state index contributed by atoms with van der Waals surface area (Å²) in [5, 5.41) is 8.35. The van der Waals surface area contributed by atoms with Crippen LogP contribution >= 0.6 is 0 Å². The number of hydrogen-bond acceptors (Lipinski definition) is 6. The minimum atomic E-state index is -0.995. The van der Waals surface area contributed by atoms with E-state index in [1.807, 2.05) is 91.0 Å². The maximum absolute atomic E-state index is 12.1. The van der Waals surface area contributed by atoms with Crippen LogP contribution in [-0.2, 0) is 29.4 Å². The van der Waals surface area contributed by atoms with Gasteiger partial charge in [-0.1, -0.05) is 91.0 Å². The first-order valence-corrected chi connectivity index (χ1v) is 10.5. The van der Waals surface area contributed by atoms with Crippen LogP contribution in [0.2, 0.25) is 0 Å². The molecule has 0 fully saturated rings. The Kier molecular flexibility index (Phi) is 9.79. The molecule has 0 saturated heterocycles. The standard InChI is InChI=1S/C23H22O3.C4H8O3/c1-18(22(24)25-2)26-23(19-12-6-3-7-13-19,20-14-8-4-9-15-20)21-16-10-5-11-17-21;1-3(5)4(6)7-2/h3-18H,1-2H3;3,5H,1-2H3/t18-;3-/m11/s1. The largest absolute Gasteiger partial charge is 0.467 e. The van der Waals surface area contributed by atoms with Crippen LogP contribution in [0.25, 0.3) is 0 Å². The summed E-state index contributed by atoms with van der Waals surface area (Å²) >= 11 is 0. The molecule has 0 aliphatic rings. The number of ether oxygens (including phenoxy) is 3. The first-order valence-electron chi connectivity index (χ1n) is 10.5. The summed E-state index contributed by atoms with van der Waals surface area (Å²) in [4.78, 5) is 22.2. The number of hydrogen-bond donors (Lipinski definition) is 1. The smallest absolute Gasteiger partial charge is 0.334 e. The fourth-order valence-corrected chi connectivity index (χ4v) is 3.37. The maximum atomic E-state index is 12.1. The summed E-state index contributed by atoms with van der Waals surface area (Å²) in [5.74, 6) is -1.00. The van der Waals surface area contributed by atoms with Crippen molar-refractivity contribution < 1.29 is 28.9 Å². The van der Waals surface area contributed by atoms with E-state index in [0.717, 1.165) is 16.7 Å². The Morgan fingerprint density at radius 2 is 1.00 bits per heavy atom. The van der Waals surface area contributed by atoms with E-state index in [1.165, 1.54) is 21.1 Å². The SMILES string of the molecule is COC(=O)[C@@H](C)O.COC(=O)[C@@H](C)OC(c1ccccc1)(c1ccccc1)c1ccccc1. The van der Waals surface area contributed by atoms with Crippen LogP contribution < -0.4 is 0 Å². The predicted octanol–water partition coefficient (Wildman–Crippen LogP) is 4.10. The van der Waals surface area contributed by atoms with Crippen molar-refractivity contribution in [2.45, 2.75) is 31.7 Å². The van der Waals surface area contributed by atoms with Crippen molar-refractivity contribution in [3.63, 3.8) is 0 Å². The predicted molar refractivity (Wildman–Crippen MR) is 125 cm³/mol. The fraction of sp³-hybridized carbons (Fsp3) is 0.259. The normalized spacial score (nSPS) is 12.5. The second kappa shape index (κ2) is 12.5. The van der Waals surface area contributed by atoms with E-state index in [-0.39, 0.29) is 0 Å². The molecule has 0 aromatic heterocycles. The molecule has 6 nitrogen and oxygen atoms in total. The van der Waals surface area contributed by atoms with Crippen molar-refractivity contribution in [3.8, 4) is 0 Å². The Morgan fingerprint density at radius 1 is 0.667 bits per heavy atom. The van der Waals surface area contributed by atoms with Crippen LogP contribution in [0, 0.1) is 0 Å². The lowest BCUT2D eigenvalue weighted by Gasteiger charge is -2.37. The zero-order valence-electron chi connectivity index (χ0n) is 19.3. The highest BCUT2D eigenvalue weighted by molar-refractivity contribution is 5.74. The lowest BCUT2D eigenvalue weighted by molar-refractivity contribution is -0.160. The average molecular weight is 451 g/mol. The molecule has 0 radical (unpaired) electrons. The van der Waals surface area contributed by atoms with Crippen LogP contribution in [0.4, 0.5) is 0 Å². The molecular formula is C27H30O6. The number of esters is 2. The topological polar surface area (TPSA) is 82.1 Å². The Bertz CT molecular complexity index is 890. The van der Waals surface area contributed by atoms with Gasteiger partial charge in [0, 0.05) is 0 Å². The van der Waals surface area contributed by atoms with Gasteiger partial charge < -0.3 is 19.3 Å². The summed E-state index contributed by atoms with van der Waals surface area (Å²) in [6.07, 6.45) is -1.73. The first kappa shape index (κ1) is 25.8. The minimum Gasteiger partial charge on any atom is -0.467 e. The van der Waals surface area contributed by atoms with Gasteiger partial charge in [-0.2, -0.15) is 0 Å². The maximum Gasteiger partial charge on any atom is 0.334 e. The second-order valence-corrected chi connectivity index (χ2v) is 7.26. The molecule has 0 aliphatic carbocycles. The third-order valence-corrected chi connectivity index (χ3v) is 4.97. The molecule has 33 heavy (non-hydrogen) atoms. The van der Waals surface area contributed by atoms with Crippen LogP contribution in [0.15, 0.2) is 91.0 Å². The van der Waals surface area contributed by atoms with Gasteiger partial charge in [0.05, 0.1) is 14.2 Å². The zero-order chi connectivity index (χ0) is 24.3. The summed E-state index contributed by atoms with van der Waals surface area (Å²) in [5.41, 5.74) is 1.94. The van der Waals surface area contributed by atoms with Crippen molar-refractivity contribution in [1.29, 1.82) is 0 Å². The summed E-state index contributed by atoms with van der Waals surface area (Å²) in [6, 6.07) is 29.9. The molecule has 3 aromatic carbocycles. The van der Waals surface area contributed by atoms with E-state index in [9.17, 15) is 9.59 Å². The number of benzene rings is 3.